The van der Waals surface area contributed by atoms with Crippen molar-refractivity contribution in [2.75, 3.05) is 10.2 Å². The molecule has 4 aromatic rings. The minimum atomic E-state index is -1.16. The molecule has 1 N–H and O–H groups in total. The van der Waals surface area contributed by atoms with Crippen LogP contribution < -0.4 is 10.2 Å². The summed E-state index contributed by atoms with van der Waals surface area (Å²) in [6.07, 6.45) is 0. The van der Waals surface area contributed by atoms with Crippen molar-refractivity contribution in [3.8, 4) is 0 Å². The number of anilines is 2. The van der Waals surface area contributed by atoms with Gasteiger partial charge in [-0.1, -0.05) is 60.1 Å². The quantitative estimate of drug-likeness (QED) is 0.371. The molecule has 1 aliphatic heterocycles. The molecule has 0 saturated heterocycles. The van der Waals surface area contributed by atoms with Crippen LogP contribution in [0.15, 0.2) is 90.6 Å². The van der Waals surface area contributed by atoms with Crippen molar-refractivity contribution in [3.05, 3.63) is 113 Å². The van der Waals surface area contributed by atoms with Gasteiger partial charge in [-0.2, -0.15) is 0 Å². The van der Waals surface area contributed by atoms with Crippen molar-refractivity contribution in [2.24, 2.45) is 0 Å². The Balaban J connectivity index is 1.66. The maximum atomic E-state index is 13.9. The molecule has 162 valence electrons. The highest BCUT2D eigenvalue weighted by atomic mass is 35.5. The molecular weight excluding hydrogens is 446 g/mol. The van der Waals surface area contributed by atoms with Gasteiger partial charge in [0.25, 0.3) is 11.8 Å². The fourth-order valence-electron chi connectivity index (χ4n) is 3.86. The Morgan fingerprint density at radius 3 is 2.24 bits per heavy atom. The van der Waals surface area contributed by atoms with Gasteiger partial charge in [0.05, 0.1) is 11.3 Å². The number of hydrogen-bond donors (Lipinski definition) is 1. The zero-order valence-corrected chi connectivity index (χ0v) is 17.7. The number of nitrogens with zero attached hydrogens (tertiary/aromatic N) is 1. The van der Waals surface area contributed by atoms with Crippen molar-refractivity contribution in [2.45, 2.75) is 0 Å². The van der Waals surface area contributed by atoms with E-state index in [4.69, 9.17) is 11.6 Å². The summed E-state index contributed by atoms with van der Waals surface area (Å²) in [4.78, 5) is 27.7. The summed E-state index contributed by atoms with van der Waals surface area (Å²) >= 11 is 6.00. The van der Waals surface area contributed by atoms with Crippen molar-refractivity contribution in [3.63, 3.8) is 0 Å². The largest absolute Gasteiger partial charge is 0.350 e. The molecule has 0 aromatic heterocycles. The molecule has 4 aromatic carbocycles. The van der Waals surface area contributed by atoms with Crippen LogP contribution in [0.2, 0.25) is 5.02 Å². The van der Waals surface area contributed by atoms with Gasteiger partial charge in [-0.05, 0) is 41.3 Å². The molecule has 33 heavy (non-hydrogen) atoms. The molecule has 0 radical (unpaired) electrons. The third-order valence-corrected chi connectivity index (χ3v) is 5.68. The second-order valence-corrected chi connectivity index (χ2v) is 7.89. The highest BCUT2D eigenvalue weighted by Gasteiger charge is 2.40. The normalized spacial score (nSPS) is 13.8. The van der Waals surface area contributed by atoms with Gasteiger partial charge in [0.15, 0.2) is 11.6 Å². The standard InChI is InChI=1S/C26H15ClF2N2O2/c27-17-10-8-16(9-11-17)23-24(30-22-7-3-5-15-4-1-2-6-19(15)22)26(33)31(25(23)32)18-12-13-20(28)21(29)14-18/h1-14,30H. The van der Waals surface area contributed by atoms with Crippen molar-refractivity contribution in [1.29, 1.82) is 0 Å². The van der Waals surface area contributed by atoms with Crippen LogP contribution in [0.1, 0.15) is 5.56 Å². The average molecular weight is 461 g/mol. The Bertz CT molecular complexity index is 1460. The number of amides is 2. The van der Waals surface area contributed by atoms with Crippen molar-refractivity contribution < 1.29 is 18.4 Å². The Morgan fingerprint density at radius 1 is 0.758 bits per heavy atom. The number of fused-ring (bicyclic) bond motifs is 1. The molecule has 0 spiro atoms. The lowest BCUT2D eigenvalue weighted by Crippen LogP contribution is -2.32. The first-order valence-electron chi connectivity index (χ1n) is 10.0. The molecule has 0 atom stereocenters. The Hall–Kier alpha value is -4.03. The summed E-state index contributed by atoms with van der Waals surface area (Å²) in [6.45, 7) is 0. The van der Waals surface area contributed by atoms with E-state index in [-0.39, 0.29) is 17.0 Å². The number of imide groups is 1. The minimum absolute atomic E-state index is 0.0309. The van der Waals surface area contributed by atoms with E-state index in [1.54, 1.807) is 30.3 Å². The first kappa shape index (κ1) is 20.8. The number of halogens is 3. The summed E-state index contributed by atoms with van der Waals surface area (Å²) in [6, 6.07) is 22.5. The minimum Gasteiger partial charge on any atom is -0.350 e. The first-order chi connectivity index (χ1) is 15.9. The van der Waals surface area contributed by atoms with Crippen molar-refractivity contribution in [1.82, 2.24) is 0 Å². The lowest BCUT2D eigenvalue weighted by atomic mass is 10.0. The molecule has 0 fully saturated rings. The molecule has 0 aliphatic carbocycles. The second-order valence-electron chi connectivity index (χ2n) is 7.45. The van der Waals surface area contributed by atoms with E-state index >= 15 is 0 Å². The zero-order valence-electron chi connectivity index (χ0n) is 17.0. The number of rotatable bonds is 4. The monoisotopic (exact) mass is 460 g/mol. The lowest BCUT2D eigenvalue weighted by Gasteiger charge is -2.16. The Morgan fingerprint density at radius 2 is 1.48 bits per heavy atom. The van der Waals surface area contributed by atoms with Crippen LogP contribution in [0.25, 0.3) is 16.3 Å². The SMILES string of the molecule is O=C1C(Nc2cccc3ccccc23)=C(c2ccc(Cl)cc2)C(=O)N1c1ccc(F)c(F)c1. The van der Waals surface area contributed by atoms with Crippen LogP contribution in [-0.2, 0) is 9.59 Å². The molecule has 4 nitrogen and oxygen atoms in total. The van der Waals surface area contributed by atoms with E-state index in [0.29, 0.717) is 16.3 Å². The molecule has 7 heteroatoms. The summed E-state index contributed by atoms with van der Waals surface area (Å²) in [5.74, 6) is -3.56. The van der Waals surface area contributed by atoms with Crippen LogP contribution in [-0.4, -0.2) is 11.8 Å². The molecule has 5 rings (SSSR count). The topological polar surface area (TPSA) is 49.4 Å². The summed E-state index contributed by atoms with van der Waals surface area (Å²) < 4.78 is 27.4. The van der Waals surface area contributed by atoms with Crippen LogP contribution in [0.3, 0.4) is 0 Å². The number of carbonyl (C=O) groups excluding carboxylic acids is 2. The van der Waals surface area contributed by atoms with Crippen LogP contribution in [0.5, 0.6) is 0 Å². The van der Waals surface area contributed by atoms with Gasteiger partial charge in [-0.15, -0.1) is 0 Å². The van der Waals surface area contributed by atoms with E-state index in [1.807, 2.05) is 36.4 Å². The molecule has 2 amide bonds. The van der Waals surface area contributed by atoms with Gasteiger partial charge in [0, 0.05) is 22.2 Å². The van der Waals surface area contributed by atoms with E-state index in [1.165, 1.54) is 6.07 Å². The smallest absolute Gasteiger partial charge is 0.282 e. The fourth-order valence-corrected chi connectivity index (χ4v) is 3.98. The van der Waals surface area contributed by atoms with Gasteiger partial charge >= 0.3 is 0 Å². The van der Waals surface area contributed by atoms with Gasteiger partial charge in [0.1, 0.15) is 5.70 Å². The predicted molar refractivity (Wildman–Crippen MR) is 125 cm³/mol. The zero-order chi connectivity index (χ0) is 23.1. The molecule has 1 aliphatic rings. The number of nitrogens with one attached hydrogen (secondary N) is 1. The van der Waals surface area contributed by atoms with Crippen LogP contribution >= 0.6 is 11.6 Å². The Labute approximate surface area is 192 Å². The molecular formula is C26H15ClF2N2O2. The highest BCUT2D eigenvalue weighted by Crippen LogP contribution is 2.36. The predicted octanol–water partition coefficient (Wildman–Crippen LogP) is 6.17. The van der Waals surface area contributed by atoms with Gasteiger partial charge in [0.2, 0.25) is 0 Å². The Kier molecular flexibility index (Phi) is 5.15. The summed E-state index contributed by atoms with van der Waals surface area (Å²) in [5.41, 5.74) is 1.16. The first-order valence-corrected chi connectivity index (χ1v) is 10.4. The summed E-state index contributed by atoms with van der Waals surface area (Å²) in [7, 11) is 0. The van der Waals surface area contributed by atoms with Crippen LogP contribution in [0, 0.1) is 11.6 Å². The van der Waals surface area contributed by atoms with Gasteiger partial charge < -0.3 is 5.32 Å². The molecule has 0 saturated carbocycles. The third kappa shape index (κ3) is 3.64. The number of carbonyl (C=O) groups is 2. The van der Waals surface area contributed by atoms with Crippen LogP contribution in [0.4, 0.5) is 20.2 Å². The molecule has 0 unspecified atom stereocenters. The van der Waals surface area contributed by atoms with E-state index in [0.717, 1.165) is 27.8 Å². The average Bonchev–Trinajstić information content (AvgIpc) is 3.06. The van der Waals surface area contributed by atoms with Gasteiger partial charge in [-0.25, -0.2) is 13.7 Å². The number of benzene rings is 4. The van der Waals surface area contributed by atoms with E-state index in [2.05, 4.69) is 5.32 Å². The highest BCUT2D eigenvalue weighted by molar-refractivity contribution is 6.46. The third-order valence-electron chi connectivity index (χ3n) is 5.43. The van der Waals surface area contributed by atoms with Gasteiger partial charge in [-0.3, -0.25) is 9.59 Å². The van der Waals surface area contributed by atoms with Crippen molar-refractivity contribution >= 4 is 51.1 Å². The van der Waals surface area contributed by atoms with E-state index < -0.39 is 23.4 Å². The lowest BCUT2D eigenvalue weighted by molar-refractivity contribution is -0.120. The molecule has 1 heterocycles. The van der Waals surface area contributed by atoms with E-state index in [9.17, 15) is 18.4 Å². The summed E-state index contributed by atoms with van der Waals surface area (Å²) in [5, 5.41) is 5.39. The second kappa shape index (κ2) is 8.15. The fraction of sp³-hybridized carbons (Fsp3) is 0. The number of hydrogen-bond acceptors (Lipinski definition) is 3. The maximum absolute atomic E-state index is 13.9. The maximum Gasteiger partial charge on any atom is 0.282 e. The molecule has 0 bridgehead atoms.